The molecule has 9 nitrogen and oxygen atoms in total. The highest BCUT2D eigenvalue weighted by molar-refractivity contribution is 6.00. The number of aliphatic carboxylic acids is 1. The molecule has 2 saturated carbocycles. The second-order valence-electron chi connectivity index (χ2n) is 11.6. The highest BCUT2D eigenvalue weighted by atomic mass is 19.3. The highest BCUT2D eigenvalue weighted by Gasteiger charge is 2.56. The molecule has 0 spiro atoms. The molecule has 2 aliphatic rings. The van der Waals surface area contributed by atoms with Crippen LogP contribution in [0.2, 0.25) is 0 Å². The van der Waals surface area contributed by atoms with Crippen LogP contribution in [0.25, 0.3) is 22.3 Å². The van der Waals surface area contributed by atoms with E-state index in [1.165, 1.54) is 6.07 Å². The van der Waals surface area contributed by atoms with Crippen molar-refractivity contribution >= 4 is 22.8 Å². The number of nitrogens with zero attached hydrogens (tertiary/aromatic N) is 3. The summed E-state index contributed by atoms with van der Waals surface area (Å²) in [6.45, 7) is 4.99. The van der Waals surface area contributed by atoms with Gasteiger partial charge < -0.3 is 24.8 Å². The average Bonchev–Trinajstić information content (AvgIpc) is 3.37. The summed E-state index contributed by atoms with van der Waals surface area (Å²) in [6, 6.07) is 4.55. The van der Waals surface area contributed by atoms with Crippen LogP contribution in [0, 0.1) is 17.8 Å². The number of aromatic hydroxyl groups is 1. The van der Waals surface area contributed by atoms with Gasteiger partial charge in [-0.15, -0.1) is 0 Å². The summed E-state index contributed by atoms with van der Waals surface area (Å²) in [5.41, 5.74) is -1.68. The van der Waals surface area contributed by atoms with Crippen molar-refractivity contribution in [3.63, 3.8) is 0 Å². The number of phenols is 1. The fraction of sp³-hybridized carbons (Fsp3) is 0.517. The fourth-order valence-electron chi connectivity index (χ4n) is 6.79. The van der Waals surface area contributed by atoms with E-state index in [4.69, 9.17) is 4.74 Å². The molecular formula is C29H34F2N4O5. The van der Waals surface area contributed by atoms with Gasteiger partial charge in [-0.05, 0) is 62.5 Å². The maximum atomic E-state index is 15.0. The monoisotopic (exact) mass is 556 g/mol. The van der Waals surface area contributed by atoms with Crippen LogP contribution in [0.5, 0.6) is 5.75 Å². The summed E-state index contributed by atoms with van der Waals surface area (Å²) < 4.78 is 37.0. The molecule has 5 atom stereocenters. The topological polar surface area (TPSA) is 127 Å². The van der Waals surface area contributed by atoms with E-state index in [0.717, 1.165) is 12.6 Å². The highest BCUT2D eigenvalue weighted by Crippen LogP contribution is 2.50. The van der Waals surface area contributed by atoms with Gasteiger partial charge in [0, 0.05) is 43.4 Å². The van der Waals surface area contributed by atoms with Crippen molar-refractivity contribution in [2.75, 3.05) is 13.7 Å². The van der Waals surface area contributed by atoms with Crippen LogP contribution in [-0.4, -0.2) is 55.9 Å². The lowest BCUT2D eigenvalue weighted by Gasteiger charge is -2.33. The van der Waals surface area contributed by atoms with Crippen LogP contribution in [0.3, 0.4) is 0 Å². The van der Waals surface area contributed by atoms with E-state index in [0.29, 0.717) is 48.8 Å². The van der Waals surface area contributed by atoms with Crippen LogP contribution in [0.1, 0.15) is 68.5 Å². The Morgan fingerprint density at radius 3 is 2.73 bits per heavy atom. The molecule has 214 valence electrons. The van der Waals surface area contributed by atoms with Gasteiger partial charge in [0.2, 0.25) is 0 Å². The number of ether oxygens (including phenoxy) is 1. The van der Waals surface area contributed by atoms with Gasteiger partial charge in [0.15, 0.2) is 5.82 Å². The lowest BCUT2D eigenvalue weighted by atomic mass is 9.78. The number of carboxylic acid groups (broad SMARTS) is 1. The molecule has 0 radical (unpaired) electrons. The van der Waals surface area contributed by atoms with Crippen molar-refractivity contribution in [2.24, 2.45) is 17.8 Å². The zero-order valence-corrected chi connectivity index (χ0v) is 22.9. The van der Waals surface area contributed by atoms with E-state index in [1.807, 2.05) is 11.5 Å². The fourth-order valence-corrected chi connectivity index (χ4v) is 6.79. The van der Waals surface area contributed by atoms with E-state index < -0.39 is 34.6 Å². The number of carbonyl (C=O) groups is 2. The summed E-state index contributed by atoms with van der Waals surface area (Å²) in [7, 11) is 1.57. The number of aromatic nitrogens is 3. The van der Waals surface area contributed by atoms with Gasteiger partial charge in [0.25, 0.3) is 11.8 Å². The summed E-state index contributed by atoms with van der Waals surface area (Å²) in [6.07, 6.45) is 5.24. The number of alkyl halides is 2. The average molecular weight is 557 g/mol. The molecule has 2 aromatic heterocycles. The van der Waals surface area contributed by atoms with Crippen LogP contribution in [-0.2, 0) is 15.5 Å². The van der Waals surface area contributed by atoms with Gasteiger partial charge in [-0.2, -0.15) is 8.78 Å². The van der Waals surface area contributed by atoms with E-state index in [-0.39, 0.29) is 35.9 Å². The van der Waals surface area contributed by atoms with Crippen LogP contribution in [0.15, 0.2) is 30.6 Å². The first-order chi connectivity index (χ1) is 18.8. The predicted molar refractivity (Wildman–Crippen MR) is 143 cm³/mol. The molecule has 2 heterocycles. The number of carboxylic acids is 1. The van der Waals surface area contributed by atoms with Crippen molar-refractivity contribution in [3.05, 3.63) is 41.9 Å². The Kier molecular flexibility index (Phi) is 7.06. The second kappa shape index (κ2) is 10.1. The first kappa shape index (κ1) is 27.9. The number of fused-ring (bicyclic) bond motifs is 3. The lowest BCUT2D eigenvalue weighted by Crippen LogP contribution is -2.57. The summed E-state index contributed by atoms with van der Waals surface area (Å²) in [5.74, 6) is -5.35. The van der Waals surface area contributed by atoms with Gasteiger partial charge in [0.1, 0.15) is 17.0 Å². The number of phenolic OH excluding ortho intramolecular Hbond substituents is 1. The van der Waals surface area contributed by atoms with Gasteiger partial charge in [0.05, 0.1) is 23.7 Å². The number of hydrogen-bond donors (Lipinski definition) is 3. The van der Waals surface area contributed by atoms with Crippen LogP contribution >= 0.6 is 0 Å². The van der Waals surface area contributed by atoms with Crippen molar-refractivity contribution < 1.29 is 33.3 Å². The molecule has 2 fully saturated rings. The second-order valence-corrected chi connectivity index (χ2v) is 11.6. The molecule has 4 unspecified atom stereocenters. The van der Waals surface area contributed by atoms with Crippen molar-refractivity contribution in [1.82, 2.24) is 19.9 Å². The number of nitrogens with one attached hydrogen (secondary N) is 1. The molecule has 2 bridgehead atoms. The first-order valence-corrected chi connectivity index (χ1v) is 13.5. The maximum Gasteiger partial charge on any atom is 0.329 e. The van der Waals surface area contributed by atoms with Crippen molar-refractivity contribution in [2.45, 2.75) is 64.0 Å². The minimum Gasteiger partial charge on any atom is -0.508 e. The number of hydrogen-bond acceptors (Lipinski definition) is 6. The molecule has 11 heteroatoms. The molecule has 40 heavy (non-hydrogen) atoms. The molecule has 3 N–H and O–H groups in total. The van der Waals surface area contributed by atoms with Crippen molar-refractivity contribution in [1.29, 1.82) is 0 Å². The number of halogens is 2. The molecule has 1 aromatic carbocycles. The predicted octanol–water partition coefficient (Wildman–Crippen LogP) is 5.13. The third-order valence-corrected chi connectivity index (χ3v) is 8.46. The quantitative estimate of drug-likeness (QED) is 0.351. The van der Waals surface area contributed by atoms with Crippen LogP contribution < -0.4 is 5.32 Å². The van der Waals surface area contributed by atoms with E-state index in [1.54, 1.807) is 25.4 Å². The molecule has 0 aliphatic heterocycles. The Bertz CT molecular complexity index is 1470. The third kappa shape index (κ3) is 4.80. The van der Waals surface area contributed by atoms with Crippen molar-refractivity contribution in [3.8, 4) is 17.1 Å². The smallest absolute Gasteiger partial charge is 0.329 e. The lowest BCUT2D eigenvalue weighted by molar-refractivity contribution is -0.146. The van der Waals surface area contributed by atoms with Gasteiger partial charge in [-0.25, -0.2) is 14.8 Å². The van der Waals surface area contributed by atoms with Crippen LogP contribution in [0.4, 0.5) is 8.78 Å². The Hall–Kier alpha value is -3.60. The minimum atomic E-state index is -3.51. The Morgan fingerprint density at radius 2 is 2.05 bits per heavy atom. The van der Waals surface area contributed by atoms with E-state index >= 15 is 0 Å². The Balaban J connectivity index is 1.56. The largest absolute Gasteiger partial charge is 0.508 e. The Labute approximate surface area is 230 Å². The number of rotatable bonds is 8. The number of amides is 1. The minimum absolute atomic E-state index is 0.0226. The molecule has 5 rings (SSSR count). The maximum absolute atomic E-state index is 15.0. The zero-order chi connectivity index (χ0) is 29.0. The number of benzene rings is 1. The normalized spacial score (nSPS) is 25.2. The van der Waals surface area contributed by atoms with E-state index in [2.05, 4.69) is 22.2 Å². The summed E-state index contributed by atoms with van der Waals surface area (Å²) in [5, 5.41) is 23.5. The zero-order valence-electron chi connectivity index (χ0n) is 22.9. The molecular weight excluding hydrogens is 522 g/mol. The Morgan fingerprint density at radius 1 is 1.30 bits per heavy atom. The summed E-state index contributed by atoms with van der Waals surface area (Å²) in [4.78, 5) is 34.4. The van der Waals surface area contributed by atoms with E-state index in [9.17, 15) is 28.6 Å². The van der Waals surface area contributed by atoms with Gasteiger partial charge in [-0.3, -0.25) is 4.79 Å². The molecule has 0 saturated heterocycles. The molecule has 1 amide bonds. The third-order valence-electron chi connectivity index (χ3n) is 8.46. The standard InChI is InChI=1S/C29H34F2N4O5/c1-15-7-17-9-18(8-15)29(11-17,27(38)39)34-26(37)21-12-32-25(33-24(21)28(3,30)31)22-13-35(16(2)14-40-4)23-10-19(36)5-6-20(22)23/h5-6,10,12-13,15-18,36H,7-9,11,14H2,1-4H3,(H,34,37)(H,38,39)/t15?,16-,17?,18?,29?/m1/s1. The summed E-state index contributed by atoms with van der Waals surface area (Å²) >= 11 is 0. The van der Waals surface area contributed by atoms with Gasteiger partial charge >= 0.3 is 5.97 Å². The number of methoxy groups -OCH3 is 1. The SMILES string of the molecule is COC[C@@H](C)n1cc(-c2ncc(C(=O)NC3(C(=O)O)CC4CC(C)CC3C4)c(C(C)(F)F)n2)c2ccc(O)cc21. The van der Waals surface area contributed by atoms with Gasteiger partial charge in [-0.1, -0.05) is 6.92 Å². The molecule has 2 aliphatic carbocycles. The number of carbonyl (C=O) groups excluding carboxylic acids is 1. The first-order valence-electron chi connectivity index (χ1n) is 13.5. The molecule has 3 aromatic rings.